The lowest BCUT2D eigenvalue weighted by Crippen LogP contribution is -2.32. The molecule has 0 saturated carbocycles. The maximum absolute atomic E-state index is 12.0. The number of benzene rings is 2. The van der Waals surface area contributed by atoms with Crippen LogP contribution in [-0.2, 0) is 136 Å². The highest BCUT2D eigenvalue weighted by molar-refractivity contribution is 8.26. The molecule has 0 aliphatic carbocycles. The van der Waals surface area contributed by atoms with Crippen molar-refractivity contribution in [1.82, 2.24) is 27.8 Å². The molecular formula is C60H111Cl3FN10O19S7+3. The maximum Gasteiger partial charge on any atom is 0.267 e. The average molecular weight is 1630 g/mol. The summed E-state index contributed by atoms with van der Waals surface area (Å²) in [6, 6.07) is 14.0. The number of fused-ring (bicyclic) bond motifs is 1. The van der Waals surface area contributed by atoms with Gasteiger partial charge in [0.15, 0.2) is 0 Å². The van der Waals surface area contributed by atoms with Gasteiger partial charge in [-0.2, -0.15) is 33.7 Å². The molecule has 6 heterocycles. The quantitative estimate of drug-likeness (QED) is 0.0160. The third kappa shape index (κ3) is 60.6. The van der Waals surface area contributed by atoms with E-state index in [0.29, 0.717) is 84.2 Å². The Balaban J connectivity index is -0.000000270. The lowest BCUT2D eigenvalue weighted by atomic mass is 10.1. The van der Waals surface area contributed by atoms with Gasteiger partial charge in [0.2, 0.25) is 43.6 Å². The number of halogens is 4. The van der Waals surface area contributed by atoms with Gasteiger partial charge in [-0.15, -0.1) is 0 Å². The molecule has 2 aromatic carbocycles. The van der Waals surface area contributed by atoms with Crippen molar-refractivity contribution in [2.24, 2.45) is 0 Å². The fourth-order valence-electron chi connectivity index (χ4n) is 7.43. The van der Waals surface area contributed by atoms with Gasteiger partial charge in [-0.25, -0.2) is 62.6 Å². The molecule has 29 nitrogen and oxygen atoms in total. The Kier molecular flexibility index (Phi) is 59.5. The number of hydrogen-bond acceptors (Lipinski definition) is 18. The van der Waals surface area contributed by atoms with Crippen LogP contribution in [0.3, 0.4) is 0 Å². The van der Waals surface area contributed by atoms with Gasteiger partial charge >= 0.3 is 0 Å². The number of aryl methyl sites for hydroxylation is 9. The van der Waals surface area contributed by atoms with Crippen molar-refractivity contribution < 1.29 is 106 Å². The van der Waals surface area contributed by atoms with E-state index in [9.17, 15) is 59.4 Å². The molecular weight excluding hydrogens is 1510 g/mol. The summed E-state index contributed by atoms with van der Waals surface area (Å²) in [5, 5.41) is 2.28. The van der Waals surface area contributed by atoms with Crippen LogP contribution in [0.15, 0.2) is 136 Å². The van der Waals surface area contributed by atoms with Crippen LogP contribution in [0.25, 0.3) is 10.8 Å². The summed E-state index contributed by atoms with van der Waals surface area (Å²) < 4.78 is 209. The fraction of sp³-hybridized carbons (Fsp3) is 0.583. The van der Waals surface area contributed by atoms with Crippen molar-refractivity contribution >= 4 is 112 Å². The summed E-state index contributed by atoms with van der Waals surface area (Å²) in [7, 11) is -9.98. The van der Waals surface area contributed by atoms with E-state index in [2.05, 4.69) is 50.4 Å². The first-order valence-electron chi connectivity index (χ1n) is 29.9. The highest BCUT2D eigenvalue weighted by Crippen LogP contribution is 2.20. The molecule has 0 bridgehead atoms. The first-order valence-corrected chi connectivity index (χ1v) is 42.7. The molecule has 0 spiro atoms. The second-order valence-corrected chi connectivity index (χ2v) is 33.2. The van der Waals surface area contributed by atoms with Crippen LogP contribution in [0.5, 0.6) is 5.75 Å². The Morgan fingerprint density at radius 2 is 1.02 bits per heavy atom. The van der Waals surface area contributed by atoms with Crippen LogP contribution in [0.2, 0.25) is 0 Å². The molecule has 1 fully saturated rings. The van der Waals surface area contributed by atoms with E-state index >= 15 is 0 Å². The van der Waals surface area contributed by atoms with E-state index in [4.69, 9.17) is 34.3 Å². The molecule has 0 unspecified atom stereocenters. The van der Waals surface area contributed by atoms with Crippen molar-refractivity contribution in [3.05, 3.63) is 136 Å². The van der Waals surface area contributed by atoms with Crippen LogP contribution in [0.1, 0.15) is 112 Å². The molecule has 100 heavy (non-hydrogen) atoms. The highest BCUT2D eigenvalue weighted by Gasteiger charge is 2.17. The van der Waals surface area contributed by atoms with Crippen molar-refractivity contribution in [1.29, 1.82) is 0 Å². The minimum atomic E-state index is -4.06. The van der Waals surface area contributed by atoms with Crippen molar-refractivity contribution in [2.45, 2.75) is 169 Å². The molecule has 0 radical (unpaired) electrons. The first kappa shape index (κ1) is 104. The van der Waals surface area contributed by atoms with Crippen LogP contribution < -0.4 is 23.0 Å². The number of hydrogen-bond donors (Lipinski definition) is 2. The minimum absolute atomic E-state index is 0. The molecule has 2 N–H and O–H groups in total. The first-order chi connectivity index (χ1) is 44.9. The van der Waals surface area contributed by atoms with E-state index in [1.807, 2.05) is 179 Å². The largest absolute Gasteiger partial charge is 0.748 e. The zero-order valence-electron chi connectivity index (χ0n) is 54.8. The summed E-state index contributed by atoms with van der Waals surface area (Å²) in [6.45, 7) is 18.3. The van der Waals surface area contributed by atoms with Gasteiger partial charge in [-0.3, -0.25) is 21.9 Å². The van der Waals surface area contributed by atoms with Gasteiger partial charge in [0.05, 0.1) is 126 Å². The van der Waals surface area contributed by atoms with Gasteiger partial charge in [0.25, 0.3) is 40.5 Å². The molecule has 1 saturated heterocycles. The second-order valence-electron chi connectivity index (χ2n) is 19.7. The van der Waals surface area contributed by atoms with Crippen LogP contribution in [0, 0.1) is 0 Å². The molecule has 1 aliphatic heterocycles. The normalized spacial score (nSPS) is 12.0. The molecule has 0 atom stereocenters. The lowest BCUT2D eigenvalue weighted by Gasteiger charge is -2.08. The zero-order valence-corrected chi connectivity index (χ0v) is 61.8. The SMILES string of the molecule is C.C.C.C.C.CCn1cc[n+](CCCS(=O)(=O)Cl)c1.CCn1cc[n+](CCCS(=O)(=O)O)c1.CCn1cc[n+](CCCS(=O)(=O)OCCCOc2ccc3ccccc3c2)c1.CCn1cc[n+](CCCS(=O)(=O)[O-])c1.CCn1ccnc1.CS(=O)(=O)O.O=S(Cl)Cl.O=S1(=O)CCCO1.[2H]CF. The van der Waals surface area contributed by atoms with Gasteiger partial charge < -0.3 is 13.9 Å². The number of nitrogens with zero attached hydrogens (tertiary/aromatic N) is 10. The van der Waals surface area contributed by atoms with Gasteiger partial charge in [0.1, 0.15) is 55.3 Å². The minimum Gasteiger partial charge on any atom is -0.748 e. The molecule has 8 rings (SSSR count). The van der Waals surface area contributed by atoms with Gasteiger partial charge in [-0.1, -0.05) is 67.5 Å². The summed E-state index contributed by atoms with van der Waals surface area (Å²) in [6.07, 6.45) is 32.4. The Morgan fingerprint density at radius 1 is 0.630 bits per heavy atom. The Hall–Kier alpha value is -5.00. The second kappa shape index (κ2) is 57.4. The lowest BCUT2D eigenvalue weighted by molar-refractivity contribution is -0.696. The number of imidazole rings is 5. The van der Waals surface area contributed by atoms with Crippen molar-refractivity contribution in [3.8, 4) is 5.75 Å². The molecule has 1 aliphatic rings. The van der Waals surface area contributed by atoms with Crippen LogP contribution in [0.4, 0.5) is 4.39 Å². The molecule has 7 aromatic rings. The Morgan fingerprint density at radius 3 is 1.33 bits per heavy atom. The summed E-state index contributed by atoms with van der Waals surface area (Å²) in [5.41, 5.74) is 0. The van der Waals surface area contributed by atoms with E-state index < -0.39 is 76.0 Å². The topological polar surface area (TPSA) is 366 Å². The smallest absolute Gasteiger partial charge is 0.267 e. The van der Waals surface area contributed by atoms with E-state index in [1.165, 1.54) is 0 Å². The monoisotopic (exact) mass is 1620 g/mol. The highest BCUT2D eigenvalue weighted by atomic mass is 36.0. The van der Waals surface area contributed by atoms with Crippen molar-refractivity contribution in [2.75, 3.05) is 62.0 Å². The van der Waals surface area contributed by atoms with Crippen LogP contribution in [-0.4, -0.2) is 158 Å². The number of rotatable bonds is 27. The summed E-state index contributed by atoms with van der Waals surface area (Å²) in [5.74, 6) is 0.543. The number of alkyl halides is 1. The predicted molar refractivity (Wildman–Crippen MR) is 394 cm³/mol. The Labute approximate surface area is 613 Å². The molecule has 40 heteroatoms. The maximum atomic E-state index is 12.0. The van der Waals surface area contributed by atoms with E-state index in [1.54, 1.807) is 12.5 Å². The third-order valence-electron chi connectivity index (χ3n) is 12.0. The standard InChI is InChI=1S/C21H27N2O4S.C8H14ClN2O2S.2C8H14N2O3S.C5H8N2.C3H6O3S.CH3F.CH4O3S.5CH4.Cl2OS/c1-2-22-12-13-23(18-22)11-5-16-28(24,25)27-15-6-14-26-21-10-9-19-7-3-4-8-20(19)17-21;1-2-10-5-6-11(8-10)4-3-7-14(9,12)13;2*1-2-9-5-6-10(8-9)4-3-7-14(11,12)13;1-2-7-4-3-6-5-7;4-7(5)3-1-2-6-7;1-2;1-5(2,3)4;;;;;;1-4(2)3/h3-4,7-10,12-13,17-18H,2,5-6,11,14-16H2,1H3;3*5-6,8H,2-4,7H2,1H3;3-5H,2H2,1H3;1-3H2;1H3;1H3,(H,2,3,4);5*1H4;/q2*+1;;;;;;;;;;;;/p+1/i;;;;;;1D;;;;;;;. The number of aromatic nitrogens is 10. The number of ether oxygens (including phenoxy) is 1. The summed E-state index contributed by atoms with van der Waals surface area (Å²) in [4.78, 5) is 3.86. The molecule has 582 valence electrons. The van der Waals surface area contributed by atoms with Gasteiger partial charge in [-0.05, 0) is 70.4 Å². The van der Waals surface area contributed by atoms with E-state index in [-0.39, 0.29) is 72.5 Å². The van der Waals surface area contributed by atoms with Gasteiger partial charge in [0, 0.05) is 82.4 Å². The van der Waals surface area contributed by atoms with Crippen LogP contribution >= 0.6 is 32.0 Å². The molecule has 5 aromatic heterocycles. The zero-order chi connectivity index (χ0) is 72.9. The average Bonchev–Trinajstić information content (AvgIpc) is 1.82. The predicted octanol–water partition coefficient (Wildman–Crippen LogP) is 8.67. The van der Waals surface area contributed by atoms with Crippen molar-refractivity contribution in [3.63, 3.8) is 0 Å². The van der Waals surface area contributed by atoms with E-state index in [0.717, 1.165) is 49.2 Å². The summed E-state index contributed by atoms with van der Waals surface area (Å²) >= 11 is 0. The fourth-order valence-corrected chi connectivity index (χ4v) is 11.1. The third-order valence-corrected chi connectivity index (χ3v) is 17.4. The molecule has 0 amide bonds. The Bertz CT molecular complexity index is 3760.